The maximum Gasteiger partial charge on any atom is 0.254 e. The number of amides is 1. The van der Waals surface area contributed by atoms with E-state index in [9.17, 15) is 9.18 Å². The molecule has 0 atom stereocenters. The summed E-state index contributed by atoms with van der Waals surface area (Å²) in [5, 5.41) is 13.2. The van der Waals surface area contributed by atoms with Gasteiger partial charge in [0.2, 0.25) is 0 Å². The van der Waals surface area contributed by atoms with Gasteiger partial charge in [-0.05, 0) is 31.2 Å². The van der Waals surface area contributed by atoms with E-state index in [0.29, 0.717) is 17.0 Å². The summed E-state index contributed by atoms with van der Waals surface area (Å²) in [6, 6.07) is 7.50. The molecule has 22 heavy (non-hydrogen) atoms. The number of hydrogen-bond donors (Lipinski definition) is 1. The largest absolute Gasteiger partial charge is 0.365 e. The van der Waals surface area contributed by atoms with E-state index in [1.54, 1.807) is 13.0 Å². The van der Waals surface area contributed by atoms with Crippen LogP contribution in [-0.4, -0.2) is 20.5 Å². The summed E-state index contributed by atoms with van der Waals surface area (Å²) in [6.07, 6.45) is 1.33. The number of hydrogen-bond acceptors (Lipinski definition) is 4. The molecule has 0 aliphatic rings. The molecule has 1 amide bonds. The summed E-state index contributed by atoms with van der Waals surface area (Å²) >= 11 is 0. The Hall–Kier alpha value is -3.27. The zero-order valence-electron chi connectivity index (χ0n) is 11.5. The average molecular weight is 295 g/mol. The third-order valence-corrected chi connectivity index (χ3v) is 3.29. The summed E-state index contributed by atoms with van der Waals surface area (Å²) < 4.78 is 15.0. The fraction of sp³-hybridized carbons (Fsp3) is 0.0667. The predicted molar refractivity (Wildman–Crippen MR) is 76.4 cm³/mol. The summed E-state index contributed by atoms with van der Waals surface area (Å²) in [6.45, 7) is 1.77. The maximum atomic E-state index is 13.5. The van der Waals surface area contributed by atoms with Crippen LogP contribution in [0.15, 0.2) is 30.5 Å². The van der Waals surface area contributed by atoms with Gasteiger partial charge in [0.25, 0.3) is 5.91 Å². The Labute approximate surface area is 124 Å². The highest BCUT2D eigenvalue weighted by atomic mass is 19.1. The van der Waals surface area contributed by atoms with E-state index in [2.05, 4.69) is 10.1 Å². The second-order valence-electron chi connectivity index (χ2n) is 4.74. The number of benzene rings is 1. The van der Waals surface area contributed by atoms with E-state index < -0.39 is 11.7 Å². The van der Waals surface area contributed by atoms with Crippen molar-refractivity contribution in [1.82, 2.24) is 14.6 Å². The number of aryl methyl sites for hydroxylation is 1. The van der Waals surface area contributed by atoms with E-state index in [-0.39, 0.29) is 16.8 Å². The number of nitrogens with zero attached hydrogens (tertiary/aromatic N) is 4. The van der Waals surface area contributed by atoms with Crippen molar-refractivity contribution in [3.8, 4) is 17.3 Å². The van der Waals surface area contributed by atoms with Crippen molar-refractivity contribution in [2.75, 3.05) is 0 Å². The molecule has 0 radical (unpaired) electrons. The number of nitriles is 1. The summed E-state index contributed by atoms with van der Waals surface area (Å²) in [7, 11) is 0. The van der Waals surface area contributed by atoms with Crippen LogP contribution in [0.25, 0.3) is 16.9 Å². The molecule has 7 heteroatoms. The van der Waals surface area contributed by atoms with Gasteiger partial charge in [-0.3, -0.25) is 4.79 Å². The Bertz CT molecular complexity index is 954. The van der Waals surface area contributed by atoms with Crippen LogP contribution in [-0.2, 0) is 0 Å². The maximum absolute atomic E-state index is 13.5. The molecule has 0 saturated carbocycles. The fourth-order valence-corrected chi connectivity index (χ4v) is 2.25. The summed E-state index contributed by atoms with van der Waals surface area (Å²) in [4.78, 5) is 15.7. The minimum Gasteiger partial charge on any atom is -0.365 e. The first-order chi connectivity index (χ1) is 10.5. The van der Waals surface area contributed by atoms with Crippen LogP contribution >= 0.6 is 0 Å². The van der Waals surface area contributed by atoms with Gasteiger partial charge < -0.3 is 5.73 Å². The molecule has 0 aliphatic heterocycles. The highest BCUT2D eigenvalue weighted by Gasteiger charge is 2.16. The van der Waals surface area contributed by atoms with Gasteiger partial charge >= 0.3 is 0 Å². The van der Waals surface area contributed by atoms with Gasteiger partial charge in [-0.15, -0.1) is 0 Å². The lowest BCUT2D eigenvalue weighted by atomic mass is 10.0. The standard InChI is InChI=1S/C15H10FN5O/c1-8-4-13(11-5-10(16)3-2-9(11)6-17)20-15-12(14(18)22)7-19-21(8)15/h2-5,7H,1H3,(H2,18,22). The fourth-order valence-electron chi connectivity index (χ4n) is 2.25. The molecule has 2 N–H and O–H groups in total. The molecule has 6 nitrogen and oxygen atoms in total. The molecule has 0 aliphatic carbocycles. The summed E-state index contributed by atoms with van der Waals surface area (Å²) in [5.74, 6) is -1.13. The number of primary amides is 1. The third kappa shape index (κ3) is 2.07. The van der Waals surface area contributed by atoms with Gasteiger partial charge in [0.1, 0.15) is 11.4 Å². The van der Waals surface area contributed by atoms with Gasteiger partial charge in [-0.25, -0.2) is 13.9 Å². The molecular formula is C15H10FN5O. The molecule has 0 bridgehead atoms. The van der Waals surface area contributed by atoms with E-state index in [0.717, 1.165) is 0 Å². The number of aromatic nitrogens is 3. The number of rotatable bonds is 2. The molecule has 1 aromatic carbocycles. The monoisotopic (exact) mass is 295 g/mol. The molecular weight excluding hydrogens is 285 g/mol. The Balaban J connectivity index is 2.33. The van der Waals surface area contributed by atoms with Crippen LogP contribution < -0.4 is 5.73 Å². The zero-order chi connectivity index (χ0) is 15.9. The SMILES string of the molecule is Cc1cc(-c2cc(F)ccc2C#N)nc2c(C(N)=O)cnn12. The Kier molecular flexibility index (Phi) is 3.07. The van der Waals surface area contributed by atoms with E-state index in [1.165, 1.54) is 28.9 Å². The van der Waals surface area contributed by atoms with Crippen LogP contribution in [0.4, 0.5) is 4.39 Å². The first-order valence-corrected chi connectivity index (χ1v) is 6.36. The first-order valence-electron chi connectivity index (χ1n) is 6.36. The molecule has 2 aromatic heterocycles. The van der Waals surface area contributed by atoms with E-state index in [1.807, 2.05) is 6.07 Å². The molecule has 0 saturated heterocycles. The van der Waals surface area contributed by atoms with Gasteiger partial charge in [0, 0.05) is 11.3 Å². The lowest BCUT2D eigenvalue weighted by Gasteiger charge is -2.07. The molecule has 2 heterocycles. The van der Waals surface area contributed by atoms with Gasteiger partial charge in [-0.2, -0.15) is 10.4 Å². The van der Waals surface area contributed by atoms with Crippen molar-refractivity contribution < 1.29 is 9.18 Å². The van der Waals surface area contributed by atoms with Crippen molar-refractivity contribution in [3.63, 3.8) is 0 Å². The molecule has 0 unspecified atom stereocenters. The van der Waals surface area contributed by atoms with Gasteiger partial charge in [0.05, 0.1) is 23.5 Å². The van der Waals surface area contributed by atoms with Crippen LogP contribution in [0.1, 0.15) is 21.6 Å². The first kappa shape index (κ1) is 13.7. The molecule has 108 valence electrons. The minimum atomic E-state index is -0.654. The zero-order valence-corrected chi connectivity index (χ0v) is 11.5. The summed E-state index contributed by atoms with van der Waals surface area (Å²) in [5.41, 5.74) is 7.44. The lowest BCUT2D eigenvalue weighted by molar-refractivity contribution is 0.100. The topological polar surface area (TPSA) is 97.1 Å². The number of nitrogens with two attached hydrogens (primary N) is 1. The van der Waals surface area contributed by atoms with Crippen LogP contribution in [0.2, 0.25) is 0 Å². The molecule has 0 fully saturated rings. The smallest absolute Gasteiger partial charge is 0.254 e. The van der Waals surface area contributed by atoms with Crippen molar-refractivity contribution >= 4 is 11.6 Å². The predicted octanol–water partition coefficient (Wildman–Crippen LogP) is 1.81. The highest BCUT2D eigenvalue weighted by Crippen LogP contribution is 2.25. The molecule has 3 aromatic rings. The van der Waals surface area contributed by atoms with Crippen molar-refractivity contribution in [3.05, 3.63) is 53.1 Å². The lowest BCUT2D eigenvalue weighted by Crippen LogP contribution is -2.11. The van der Waals surface area contributed by atoms with Crippen molar-refractivity contribution in [2.24, 2.45) is 5.73 Å². The third-order valence-electron chi connectivity index (χ3n) is 3.29. The number of halogens is 1. The second kappa shape index (κ2) is 4.93. The second-order valence-corrected chi connectivity index (χ2v) is 4.74. The Morgan fingerprint density at radius 1 is 1.41 bits per heavy atom. The molecule has 0 spiro atoms. The van der Waals surface area contributed by atoms with Crippen molar-refractivity contribution in [2.45, 2.75) is 6.92 Å². The normalized spacial score (nSPS) is 10.6. The van der Waals surface area contributed by atoms with E-state index >= 15 is 0 Å². The van der Waals surface area contributed by atoms with Gasteiger partial charge in [0.15, 0.2) is 5.65 Å². The number of fused-ring (bicyclic) bond motifs is 1. The van der Waals surface area contributed by atoms with E-state index in [4.69, 9.17) is 11.0 Å². The number of carbonyl (C=O) groups excluding carboxylic acids is 1. The Morgan fingerprint density at radius 2 is 2.18 bits per heavy atom. The van der Waals surface area contributed by atoms with Crippen molar-refractivity contribution in [1.29, 1.82) is 5.26 Å². The average Bonchev–Trinajstić information content (AvgIpc) is 2.91. The quantitative estimate of drug-likeness (QED) is 0.779. The number of carbonyl (C=O) groups is 1. The van der Waals surface area contributed by atoms with Crippen LogP contribution in [0, 0.1) is 24.1 Å². The highest BCUT2D eigenvalue weighted by molar-refractivity contribution is 5.98. The van der Waals surface area contributed by atoms with Gasteiger partial charge in [-0.1, -0.05) is 0 Å². The van der Waals surface area contributed by atoms with Crippen LogP contribution in [0.3, 0.4) is 0 Å². The minimum absolute atomic E-state index is 0.167. The Morgan fingerprint density at radius 3 is 2.86 bits per heavy atom. The van der Waals surface area contributed by atoms with Crippen LogP contribution in [0.5, 0.6) is 0 Å². The molecule has 3 rings (SSSR count).